The normalized spacial score (nSPS) is 11.8. The van der Waals surface area contributed by atoms with Crippen LogP contribution >= 0.6 is 0 Å². The SMILES string of the molecule is CNC(=O)c1c(-c2ccc(F)cc2)oc2cc(N(C)S(C)(=O)=O)c(-c3cc(O)cc(-c4nc5c(F)cc(F)cc5o4)c3)cc12. The van der Waals surface area contributed by atoms with Crippen molar-refractivity contribution < 1.29 is 40.3 Å². The number of carbonyl (C=O) groups excluding carboxylic acids is 1. The maximum atomic E-state index is 14.3. The molecule has 0 aliphatic rings. The number of rotatable bonds is 6. The standard InChI is InChI=1S/C31H22F3N3O6S/c1-35-30(39)27-22-13-21(16-8-17(10-20(38)9-16)31-36-28-23(34)11-19(33)12-26(28)43-31)24(37(2)44(3,40)41)14-25(22)42-29(27)15-4-6-18(32)7-5-15/h4-14,38H,1-3H3,(H,35,39). The Morgan fingerprint density at radius 3 is 2.27 bits per heavy atom. The molecule has 0 aliphatic carbocycles. The summed E-state index contributed by atoms with van der Waals surface area (Å²) in [6.45, 7) is 0. The fourth-order valence-electron chi connectivity index (χ4n) is 4.93. The maximum Gasteiger partial charge on any atom is 0.255 e. The lowest BCUT2D eigenvalue weighted by Crippen LogP contribution is -2.25. The molecular formula is C31H22F3N3O6S. The summed E-state index contributed by atoms with van der Waals surface area (Å²) in [5, 5.41) is 13.6. The Morgan fingerprint density at radius 1 is 0.886 bits per heavy atom. The summed E-state index contributed by atoms with van der Waals surface area (Å²) in [6.07, 6.45) is 1.00. The van der Waals surface area contributed by atoms with E-state index in [-0.39, 0.29) is 62.0 Å². The van der Waals surface area contributed by atoms with Crippen molar-refractivity contribution in [2.45, 2.75) is 0 Å². The number of nitrogens with zero attached hydrogens (tertiary/aromatic N) is 2. The lowest BCUT2D eigenvalue weighted by molar-refractivity contribution is 0.0964. The highest BCUT2D eigenvalue weighted by atomic mass is 32.2. The zero-order valence-electron chi connectivity index (χ0n) is 23.3. The third kappa shape index (κ3) is 5.00. The van der Waals surface area contributed by atoms with Crippen molar-refractivity contribution in [1.29, 1.82) is 0 Å². The molecule has 44 heavy (non-hydrogen) atoms. The highest BCUT2D eigenvalue weighted by Gasteiger charge is 2.26. The van der Waals surface area contributed by atoms with Crippen molar-refractivity contribution in [1.82, 2.24) is 10.3 Å². The molecule has 0 bridgehead atoms. The fourth-order valence-corrected chi connectivity index (χ4v) is 5.44. The smallest absolute Gasteiger partial charge is 0.255 e. The number of carbonyl (C=O) groups is 1. The molecule has 2 aromatic heterocycles. The molecule has 0 unspecified atom stereocenters. The van der Waals surface area contributed by atoms with Crippen LogP contribution in [0.25, 0.3) is 56.0 Å². The van der Waals surface area contributed by atoms with Gasteiger partial charge in [0, 0.05) is 54.4 Å². The summed E-state index contributed by atoms with van der Waals surface area (Å²) in [6, 6.07) is 14.1. The van der Waals surface area contributed by atoms with E-state index in [0.717, 1.165) is 16.6 Å². The predicted octanol–water partition coefficient (Wildman–Crippen LogP) is 6.45. The second-order valence-electron chi connectivity index (χ2n) is 10.0. The zero-order chi connectivity index (χ0) is 31.5. The van der Waals surface area contributed by atoms with Crippen molar-refractivity contribution in [2.75, 3.05) is 24.7 Å². The molecular weight excluding hydrogens is 599 g/mol. The van der Waals surface area contributed by atoms with Crippen LogP contribution < -0.4 is 9.62 Å². The van der Waals surface area contributed by atoms with Gasteiger partial charge in [0.1, 0.15) is 34.2 Å². The van der Waals surface area contributed by atoms with Crippen molar-refractivity contribution in [2.24, 2.45) is 0 Å². The molecule has 2 heterocycles. The number of nitrogens with one attached hydrogen (secondary N) is 1. The molecule has 0 fully saturated rings. The van der Waals surface area contributed by atoms with Gasteiger partial charge in [-0.1, -0.05) is 0 Å². The van der Waals surface area contributed by atoms with E-state index >= 15 is 0 Å². The van der Waals surface area contributed by atoms with Gasteiger partial charge < -0.3 is 19.3 Å². The molecule has 0 saturated heterocycles. The highest BCUT2D eigenvalue weighted by molar-refractivity contribution is 7.92. The van der Waals surface area contributed by atoms with Gasteiger partial charge in [0.25, 0.3) is 5.91 Å². The number of hydrogen-bond donors (Lipinski definition) is 2. The van der Waals surface area contributed by atoms with E-state index in [1.807, 2.05) is 0 Å². The number of furan rings is 1. The van der Waals surface area contributed by atoms with Gasteiger partial charge in [-0.05, 0) is 54.1 Å². The number of aromatic hydroxyl groups is 1. The number of halogens is 3. The number of anilines is 1. The van der Waals surface area contributed by atoms with Crippen LogP contribution in [0.4, 0.5) is 18.9 Å². The molecule has 0 aliphatic heterocycles. The number of aromatic nitrogens is 1. The fraction of sp³-hybridized carbons (Fsp3) is 0.0968. The third-order valence-corrected chi connectivity index (χ3v) is 8.28. The number of amides is 1. The van der Waals surface area contributed by atoms with Gasteiger partial charge in [-0.15, -0.1) is 0 Å². The summed E-state index contributed by atoms with van der Waals surface area (Å²) in [5.74, 6) is -3.08. The van der Waals surface area contributed by atoms with Gasteiger partial charge in [-0.25, -0.2) is 26.6 Å². The molecule has 0 spiro atoms. The summed E-state index contributed by atoms with van der Waals surface area (Å²) in [7, 11) is -1.08. The highest BCUT2D eigenvalue weighted by Crippen LogP contribution is 2.43. The van der Waals surface area contributed by atoms with E-state index in [0.29, 0.717) is 17.0 Å². The van der Waals surface area contributed by atoms with Crippen LogP contribution in [0, 0.1) is 17.5 Å². The van der Waals surface area contributed by atoms with Crippen LogP contribution in [0.3, 0.4) is 0 Å². The number of oxazole rings is 1. The van der Waals surface area contributed by atoms with E-state index in [1.54, 1.807) is 0 Å². The molecule has 6 rings (SSSR count). The van der Waals surface area contributed by atoms with Crippen molar-refractivity contribution in [3.8, 4) is 39.7 Å². The van der Waals surface area contributed by atoms with Crippen molar-refractivity contribution >= 4 is 43.7 Å². The molecule has 1 amide bonds. The first kappa shape index (κ1) is 28.8. The van der Waals surface area contributed by atoms with E-state index in [9.17, 15) is 31.5 Å². The molecule has 0 saturated carbocycles. The number of benzene rings is 4. The Labute approximate surface area is 248 Å². The minimum absolute atomic E-state index is 0.112. The molecule has 2 N–H and O–H groups in total. The van der Waals surface area contributed by atoms with E-state index < -0.39 is 33.4 Å². The zero-order valence-corrected chi connectivity index (χ0v) is 24.1. The minimum atomic E-state index is -3.83. The monoisotopic (exact) mass is 621 g/mol. The van der Waals surface area contributed by atoms with Crippen LogP contribution in [0.15, 0.2) is 75.6 Å². The Hall–Kier alpha value is -5.30. The first-order valence-corrected chi connectivity index (χ1v) is 14.8. The van der Waals surface area contributed by atoms with Crippen LogP contribution in [0.5, 0.6) is 5.75 Å². The molecule has 13 heteroatoms. The Bertz CT molecular complexity index is 2230. The van der Waals surface area contributed by atoms with Crippen molar-refractivity contribution in [3.05, 3.63) is 89.7 Å². The van der Waals surface area contributed by atoms with Gasteiger partial charge in [0.05, 0.1) is 17.5 Å². The second-order valence-corrected chi connectivity index (χ2v) is 12.0. The predicted molar refractivity (Wildman–Crippen MR) is 158 cm³/mol. The molecule has 0 radical (unpaired) electrons. The molecule has 9 nitrogen and oxygen atoms in total. The molecule has 224 valence electrons. The van der Waals surface area contributed by atoms with Crippen LogP contribution in [0.1, 0.15) is 10.4 Å². The topological polar surface area (TPSA) is 126 Å². The second kappa shape index (κ2) is 10.5. The summed E-state index contributed by atoms with van der Waals surface area (Å²) in [5.41, 5.74) is 1.14. The van der Waals surface area contributed by atoms with Crippen LogP contribution in [-0.4, -0.2) is 44.8 Å². The van der Waals surface area contributed by atoms with E-state index in [1.165, 1.54) is 68.7 Å². The average Bonchev–Trinajstić information content (AvgIpc) is 3.57. The quantitative estimate of drug-likeness (QED) is 0.219. The maximum absolute atomic E-state index is 14.3. The van der Waals surface area contributed by atoms with Gasteiger partial charge in [-0.2, -0.15) is 0 Å². The lowest BCUT2D eigenvalue weighted by Gasteiger charge is -2.21. The minimum Gasteiger partial charge on any atom is -0.508 e. The largest absolute Gasteiger partial charge is 0.508 e. The summed E-state index contributed by atoms with van der Waals surface area (Å²) < 4.78 is 79.8. The number of sulfonamides is 1. The number of phenolic OH excluding ortho intramolecular Hbond substituents is 1. The summed E-state index contributed by atoms with van der Waals surface area (Å²) >= 11 is 0. The lowest BCUT2D eigenvalue weighted by atomic mass is 9.97. The van der Waals surface area contributed by atoms with E-state index in [4.69, 9.17) is 8.83 Å². The first-order chi connectivity index (χ1) is 20.8. The van der Waals surface area contributed by atoms with Crippen LogP contribution in [0.2, 0.25) is 0 Å². The Balaban J connectivity index is 1.63. The number of fused-ring (bicyclic) bond motifs is 2. The number of hydrogen-bond acceptors (Lipinski definition) is 7. The van der Waals surface area contributed by atoms with Crippen molar-refractivity contribution in [3.63, 3.8) is 0 Å². The van der Waals surface area contributed by atoms with Gasteiger partial charge >= 0.3 is 0 Å². The molecule has 4 aromatic carbocycles. The Kier molecular flexibility index (Phi) is 6.84. The average molecular weight is 622 g/mol. The number of phenols is 1. The molecule has 6 aromatic rings. The summed E-state index contributed by atoms with van der Waals surface area (Å²) in [4.78, 5) is 17.3. The van der Waals surface area contributed by atoms with Crippen LogP contribution in [-0.2, 0) is 10.0 Å². The van der Waals surface area contributed by atoms with E-state index in [2.05, 4.69) is 10.3 Å². The van der Waals surface area contributed by atoms with Gasteiger partial charge in [0.15, 0.2) is 11.4 Å². The Morgan fingerprint density at radius 2 is 1.59 bits per heavy atom. The molecule has 0 atom stereocenters. The first-order valence-electron chi connectivity index (χ1n) is 13.0. The van der Waals surface area contributed by atoms with Gasteiger partial charge in [-0.3, -0.25) is 9.10 Å². The van der Waals surface area contributed by atoms with Gasteiger partial charge in [0.2, 0.25) is 15.9 Å². The third-order valence-electron chi connectivity index (χ3n) is 7.09.